The number of anilines is 2. The highest BCUT2D eigenvalue weighted by Crippen LogP contribution is 2.29. The standard InChI is InChI=1S/C24H27ClN4O5S.C23H24ClN3O5S2/c1-26-13-15-27(16-14-26)17-18-29(23-3-2-12-28(31)24(23)30)35(32,33)22-10-8-21(9-11-22)34-20-6-4-19(25)5-7-20;24-18-3-5-19(6-4-18)32-20-7-9-21(10-8-20)34(30,31)27(13-12-25-14-16-33-17-15-25)22-2-1-11-26(29)23(22)28/h2-12,31H,13-18H2,1H3;1-11,29H,12-17H2. The molecule has 0 bridgehead atoms. The molecule has 0 atom stereocenters. The molecule has 0 amide bonds. The third-order valence-corrected chi connectivity index (χ3v) is 16.3. The van der Waals surface area contributed by atoms with Crippen LogP contribution in [0.5, 0.6) is 23.0 Å². The van der Waals surface area contributed by atoms with Crippen molar-refractivity contribution in [2.45, 2.75) is 9.79 Å². The molecule has 69 heavy (non-hydrogen) atoms. The van der Waals surface area contributed by atoms with E-state index in [1.165, 1.54) is 60.9 Å². The van der Waals surface area contributed by atoms with Crippen molar-refractivity contribution in [2.75, 3.05) is 92.6 Å². The number of piperazine rings is 1. The molecule has 0 aliphatic carbocycles. The van der Waals surface area contributed by atoms with E-state index in [0.29, 0.717) is 55.6 Å². The molecule has 2 fully saturated rings. The van der Waals surface area contributed by atoms with Crippen LogP contribution in [0.15, 0.2) is 153 Å². The minimum Gasteiger partial charge on any atom is -0.457 e. The number of pyridine rings is 2. The average Bonchev–Trinajstić information content (AvgIpc) is 3.34. The van der Waals surface area contributed by atoms with E-state index in [1.54, 1.807) is 72.8 Å². The smallest absolute Gasteiger partial charge is 0.307 e. The molecule has 4 heterocycles. The van der Waals surface area contributed by atoms with Crippen molar-refractivity contribution >= 4 is 66.4 Å². The lowest BCUT2D eigenvalue weighted by Gasteiger charge is -2.34. The number of thioether (sulfide) groups is 1. The second kappa shape index (κ2) is 23.3. The summed E-state index contributed by atoms with van der Waals surface area (Å²) in [5, 5.41) is 20.9. The quantitative estimate of drug-likeness (QED) is 0.0970. The highest BCUT2D eigenvalue weighted by Gasteiger charge is 2.30. The normalized spacial score (nSPS) is 14.9. The molecule has 2 aliphatic rings. The Morgan fingerprint density at radius 3 is 1.26 bits per heavy atom. The first-order chi connectivity index (χ1) is 33.1. The number of hydrogen-bond acceptors (Lipinski definition) is 14. The Bertz CT molecular complexity index is 2990. The number of nitrogens with zero attached hydrogens (tertiary/aromatic N) is 7. The highest BCUT2D eigenvalue weighted by molar-refractivity contribution is 7.99. The van der Waals surface area contributed by atoms with Gasteiger partial charge in [-0.25, -0.2) is 16.8 Å². The molecule has 8 rings (SSSR count). The van der Waals surface area contributed by atoms with Crippen molar-refractivity contribution in [1.29, 1.82) is 0 Å². The van der Waals surface area contributed by atoms with Gasteiger partial charge in [-0.05, 0) is 128 Å². The molecule has 0 radical (unpaired) electrons. The summed E-state index contributed by atoms with van der Waals surface area (Å²) in [7, 11) is -6.14. The number of aromatic nitrogens is 2. The Hall–Kier alpha value is -5.71. The number of likely N-dealkylation sites (N-methyl/N-ethyl adjacent to an activating group) is 1. The number of rotatable bonds is 16. The van der Waals surface area contributed by atoms with E-state index >= 15 is 0 Å². The number of sulfonamides is 2. The minimum atomic E-state index is -4.10. The Balaban J connectivity index is 0.000000204. The van der Waals surface area contributed by atoms with Crippen LogP contribution in [0.25, 0.3) is 0 Å². The topological polar surface area (TPSA) is 187 Å². The first-order valence-corrected chi connectivity index (χ1v) is 26.5. The van der Waals surface area contributed by atoms with Crippen LogP contribution in [0, 0.1) is 0 Å². The van der Waals surface area contributed by atoms with Gasteiger partial charge in [0.15, 0.2) is 0 Å². The molecule has 366 valence electrons. The van der Waals surface area contributed by atoms with E-state index in [9.17, 15) is 36.8 Å². The molecule has 17 nitrogen and oxygen atoms in total. The van der Waals surface area contributed by atoms with E-state index in [2.05, 4.69) is 14.7 Å². The van der Waals surface area contributed by atoms with Gasteiger partial charge in [0.25, 0.3) is 20.0 Å². The lowest BCUT2D eigenvalue weighted by molar-refractivity contribution is 0.157. The van der Waals surface area contributed by atoms with E-state index in [4.69, 9.17) is 32.7 Å². The summed E-state index contributed by atoms with van der Waals surface area (Å²) in [5.74, 6) is 4.00. The molecule has 4 aromatic carbocycles. The van der Waals surface area contributed by atoms with Gasteiger partial charge in [-0.3, -0.25) is 28.0 Å². The third kappa shape index (κ3) is 13.3. The highest BCUT2D eigenvalue weighted by atomic mass is 35.5. The summed E-state index contributed by atoms with van der Waals surface area (Å²) in [5.41, 5.74) is -1.84. The van der Waals surface area contributed by atoms with Gasteiger partial charge in [0.1, 0.15) is 34.4 Å². The van der Waals surface area contributed by atoms with Gasteiger partial charge in [0, 0.05) is 99.4 Å². The summed E-state index contributed by atoms with van der Waals surface area (Å²) >= 11 is 13.6. The zero-order valence-corrected chi connectivity index (χ0v) is 41.4. The van der Waals surface area contributed by atoms with Gasteiger partial charge < -0.3 is 24.8 Å². The first-order valence-electron chi connectivity index (χ1n) is 21.7. The van der Waals surface area contributed by atoms with Crippen molar-refractivity contribution in [1.82, 2.24) is 24.2 Å². The van der Waals surface area contributed by atoms with Crippen LogP contribution in [0.3, 0.4) is 0 Å². The van der Waals surface area contributed by atoms with Crippen molar-refractivity contribution in [3.63, 3.8) is 0 Å². The maximum absolute atomic E-state index is 13.6. The molecular formula is C47H51Cl2N7O10S3. The van der Waals surface area contributed by atoms with E-state index in [-0.39, 0.29) is 34.3 Å². The second-order valence-corrected chi connectivity index (χ2v) is 21.7. The van der Waals surface area contributed by atoms with Crippen molar-refractivity contribution in [3.05, 3.63) is 164 Å². The summed E-state index contributed by atoms with van der Waals surface area (Å²) in [6.07, 6.45) is 2.33. The molecule has 0 spiro atoms. The molecular weight excluding hydrogens is 990 g/mol. The minimum absolute atomic E-state index is 0.00655. The van der Waals surface area contributed by atoms with Gasteiger partial charge in [-0.1, -0.05) is 23.2 Å². The van der Waals surface area contributed by atoms with E-state index in [0.717, 1.165) is 59.4 Å². The monoisotopic (exact) mass is 1040 g/mol. The Kier molecular flexibility index (Phi) is 17.2. The fourth-order valence-electron chi connectivity index (χ4n) is 7.32. The van der Waals surface area contributed by atoms with Crippen LogP contribution in [0.1, 0.15) is 0 Å². The third-order valence-electron chi connectivity index (χ3n) is 11.2. The van der Waals surface area contributed by atoms with Crippen LogP contribution in [-0.4, -0.2) is 135 Å². The molecule has 2 aliphatic heterocycles. The Labute approximate surface area is 414 Å². The van der Waals surface area contributed by atoms with Gasteiger partial charge in [0.05, 0.1) is 9.79 Å². The van der Waals surface area contributed by atoms with Crippen LogP contribution < -0.4 is 29.2 Å². The predicted molar refractivity (Wildman–Crippen MR) is 268 cm³/mol. The predicted octanol–water partition coefficient (Wildman–Crippen LogP) is 6.75. The molecule has 22 heteroatoms. The van der Waals surface area contributed by atoms with E-state index < -0.39 is 31.2 Å². The average molecular weight is 1040 g/mol. The molecule has 0 saturated carbocycles. The lowest BCUT2D eigenvalue weighted by atomic mass is 10.3. The lowest BCUT2D eigenvalue weighted by Crippen LogP contribution is -2.48. The van der Waals surface area contributed by atoms with Gasteiger partial charge >= 0.3 is 11.1 Å². The Morgan fingerprint density at radius 1 is 0.536 bits per heavy atom. The van der Waals surface area contributed by atoms with Crippen molar-refractivity contribution in [3.8, 4) is 23.0 Å². The van der Waals surface area contributed by atoms with Crippen molar-refractivity contribution < 1.29 is 36.7 Å². The van der Waals surface area contributed by atoms with Crippen LogP contribution in [-0.2, 0) is 20.0 Å². The van der Waals surface area contributed by atoms with Gasteiger partial charge in [-0.15, -0.1) is 0 Å². The van der Waals surface area contributed by atoms with Crippen LogP contribution >= 0.6 is 35.0 Å². The Morgan fingerprint density at radius 2 is 0.884 bits per heavy atom. The molecule has 2 N–H and O–H groups in total. The maximum Gasteiger partial charge on any atom is 0.307 e. The second-order valence-electron chi connectivity index (χ2n) is 15.9. The maximum atomic E-state index is 13.6. The number of halogens is 2. The zero-order valence-electron chi connectivity index (χ0n) is 37.5. The van der Waals surface area contributed by atoms with Crippen LogP contribution in [0.4, 0.5) is 11.4 Å². The van der Waals surface area contributed by atoms with Crippen LogP contribution in [0.2, 0.25) is 10.0 Å². The van der Waals surface area contributed by atoms with E-state index in [1.807, 2.05) is 18.8 Å². The SMILES string of the molecule is CN1CCN(CCN(c2cccn(O)c2=O)S(=O)(=O)c2ccc(Oc3ccc(Cl)cc3)cc2)CC1.O=c1c(N(CCN2CCSCC2)S(=O)(=O)c2ccc(Oc3ccc(Cl)cc3)cc2)cccn1O. The largest absolute Gasteiger partial charge is 0.457 e. The molecule has 2 saturated heterocycles. The van der Waals surface area contributed by atoms with Gasteiger partial charge in [-0.2, -0.15) is 21.2 Å². The van der Waals surface area contributed by atoms with Gasteiger partial charge in [0.2, 0.25) is 0 Å². The number of benzene rings is 4. The fourth-order valence-corrected chi connectivity index (χ4v) is 11.5. The first kappa shape index (κ1) is 51.1. The summed E-state index contributed by atoms with van der Waals surface area (Å²) in [6.45, 7) is 6.15. The number of hydrogen-bond donors (Lipinski definition) is 2. The van der Waals surface area contributed by atoms with Crippen molar-refractivity contribution in [2.24, 2.45) is 0 Å². The zero-order chi connectivity index (χ0) is 49.1. The molecule has 6 aromatic rings. The molecule has 2 aromatic heterocycles. The number of ether oxygens (including phenoxy) is 2. The molecule has 0 unspecified atom stereocenters. The fraction of sp³-hybridized carbons (Fsp3) is 0.277. The summed E-state index contributed by atoms with van der Waals surface area (Å²) in [6, 6.07) is 31.2. The summed E-state index contributed by atoms with van der Waals surface area (Å²) < 4.78 is 68.9. The summed E-state index contributed by atoms with van der Waals surface area (Å²) in [4.78, 5) is 31.8.